The van der Waals surface area contributed by atoms with Crippen molar-refractivity contribution in [2.75, 3.05) is 0 Å². The second kappa shape index (κ2) is 6.77. The van der Waals surface area contributed by atoms with Gasteiger partial charge in [0.1, 0.15) is 18.0 Å². The van der Waals surface area contributed by atoms with Gasteiger partial charge < -0.3 is 15.2 Å². The van der Waals surface area contributed by atoms with Gasteiger partial charge in [-0.05, 0) is 57.7 Å². The molecule has 21 heavy (non-hydrogen) atoms. The largest absolute Gasteiger partial charge is 0.486 e. The van der Waals surface area contributed by atoms with E-state index in [9.17, 15) is 4.79 Å². The number of carbonyl (C=O) groups is 1. The molecule has 0 spiro atoms. The summed E-state index contributed by atoms with van der Waals surface area (Å²) in [4.78, 5) is 11.4. The highest BCUT2D eigenvalue weighted by atomic mass is 35.5. The van der Waals surface area contributed by atoms with Crippen LogP contribution in [-0.4, -0.2) is 23.7 Å². The molecule has 1 aliphatic rings. The van der Waals surface area contributed by atoms with Crippen LogP contribution in [0, 0.1) is 0 Å². The molecule has 2 rings (SSSR count). The molecule has 1 aromatic carbocycles. The Hall–Kier alpha value is -1.10. The van der Waals surface area contributed by atoms with Gasteiger partial charge >= 0.3 is 0 Å². The van der Waals surface area contributed by atoms with Crippen LogP contribution in [0.5, 0.6) is 5.75 Å². The number of Topliss-reactive ketones (excluding diaryl/α,β-unsaturated/α-hetero) is 1. The van der Waals surface area contributed by atoms with E-state index in [0.717, 1.165) is 19.3 Å². The summed E-state index contributed by atoms with van der Waals surface area (Å²) < 4.78 is 11.8. The normalized spacial score (nSPS) is 27.1. The molecule has 0 radical (unpaired) electrons. The number of hydrogen-bond donors (Lipinski definition) is 1. The molecule has 3 atom stereocenters. The standard InChI is InChI=1S/C16H22ClNO3/c1-11(19)12(2)21-16(18)9-4-3-8-15(16)20-14-7-5-6-13(17)10-14/h5-7,10,12,15H,3-4,8-9,18H2,1-2H3. The third-order valence-corrected chi connectivity index (χ3v) is 4.11. The zero-order valence-electron chi connectivity index (χ0n) is 12.5. The maximum Gasteiger partial charge on any atom is 0.158 e. The molecule has 1 aromatic rings. The van der Waals surface area contributed by atoms with Crippen molar-refractivity contribution in [1.82, 2.24) is 0 Å². The van der Waals surface area contributed by atoms with Gasteiger partial charge in [0.25, 0.3) is 0 Å². The fraction of sp³-hybridized carbons (Fsp3) is 0.562. The highest BCUT2D eigenvalue weighted by Gasteiger charge is 2.42. The summed E-state index contributed by atoms with van der Waals surface area (Å²) in [5.41, 5.74) is 5.46. The van der Waals surface area contributed by atoms with Crippen LogP contribution in [0.3, 0.4) is 0 Å². The number of hydrogen-bond acceptors (Lipinski definition) is 4. The lowest BCUT2D eigenvalue weighted by molar-refractivity contribution is -0.168. The SMILES string of the molecule is CC(=O)C(C)OC1(N)CCCCC1Oc1cccc(Cl)c1. The number of rotatable bonds is 5. The number of carbonyl (C=O) groups excluding carboxylic acids is 1. The van der Waals surface area contributed by atoms with E-state index < -0.39 is 11.8 Å². The Labute approximate surface area is 130 Å². The number of halogens is 1. The van der Waals surface area contributed by atoms with Gasteiger partial charge in [0, 0.05) is 5.02 Å². The van der Waals surface area contributed by atoms with Gasteiger partial charge in [-0.1, -0.05) is 17.7 Å². The summed E-state index contributed by atoms with van der Waals surface area (Å²) in [6.45, 7) is 3.23. The van der Waals surface area contributed by atoms with E-state index >= 15 is 0 Å². The van der Waals surface area contributed by atoms with Gasteiger partial charge in [0.05, 0.1) is 0 Å². The van der Waals surface area contributed by atoms with Crippen molar-refractivity contribution in [1.29, 1.82) is 0 Å². The van der Waals surface area contributed by atoms with Crippen molar-refractivity contribution in [3.05, 3.63) is 29.3 Å². The Morgan fingerprint density at radius 1 is 1.48 bits per heavy atom. The van der Waals surface area contributed by atoms with Crippen LogP contribution >= 0.6 is 11.6 Å². The highest BCUT2D eigenvalue weighted by Crippen LogP contribution is 2.32. The maximum absolute atomic E-state index is 11.4. The van der Waals surface area contributed by atoms with E-state index in [1.807, 2.05) is 12.1 Å². The van der Waals surface area contributed by atoms with Crippen molar-refractivity contribution in [2.45, 2.75) is 57.5 Å². The van der Waals surface area contributed by atoms with Crippen LogP contribution in [0.2, 0.25) is 5.02 Å². The maximum atomic E-state index is 11.4. The molecule has 0 aromatic heterocycles. The number of nitrogens with two attached hydrogens (primary N) is 1. The average molecular weight is 312 g/mol. The predicted octanol–water partition coefficient (Wildman–Crippen LogP) is 3.31. The zero-order chi connectivity index (χ0) is 15.5. The first-order valence-electron chi connectivity index (χ1n) is 7.30. The topological polar surface area (TPSA) is 61.5 Å². The Balaban J connectivity index is 2.12. The quantitative estimate of drug-likeness (QED) is 0.847. The van der Waals surface area contributed by atoms with Crippen LogP contribution in [0.25, 0.3) is 0 Å². The molecule has 1 aliphatic carbocycles. The first kappa shape index (κ1) is 16.3. The van der Waals surface area contributed by atoms with Crippen LogP contribution in [0.15, 0.2) is 24.3 Å². The second-order valence-electron chi connectivity index (χ2n) is 5.64. The van der Waals surface area contributed by atoms with Crippen molar-refractivity contribution < 1.29 is 14.3 Å². The lowest BCUT2D eigenvalue weighted by Crippen LogP contribution is -2.59. The van der Waals surface area contributed by atoms with Gasteiger partial charge in [-0.25, -0.2) is 0 Å². The van der Waals surface area contributed by atoms with E-state index in [0.29, 0.717) is 17.2 Å². The van der Waals surface area contributed by atoms with Gasteiger partial charge in [0.2, 0.25) is 0 Å². The molecule has 0 bridgehead atoms. The molecule has 1 fully saturated rings. The first-order valence-corrected chi connectivity index (χ1v) is 7.68. The minimum atomic E-state index is -0.939. The molecule has 116 valence electrons. The minimum Gasteiger partial charge on any atom is -0.486 e. The highest BCUT2D eigenvalue weighted by molar-refractivity contribution is 6.30. The second-order valence-corrected chi connectivity index (χ2v) is 6.07. The van der Waals surface area contributed by atoms with E-state index in [2.05, 4.69) is 0 Å². The van der Waals surface area contributed by atoms with Crippen LogP contribution in [0.4, 0.5) is 0 Å². The van der Waals surface area contributed by atoms with Crippen LogP contribution in [0.1, 0.15) is 39.5 Å². The monoisotopic (exact) mass is 311 g/mol. The van der Waals surface area contributed by atoms with Crippen LogP contribution in [-0.2, 0) is 9.53 Å². The third kappa shape index (κ3) is 4.19. The van der Waals surface area contributed by atoms with E-state index in [1.54, 1.807) is 19.1 Å². The van der Waals surface area contributed by atoms with E-state index in [-0.39, 0.29) is 11.9 Å². The fourth-order valence-electron chi connectivity index (χ4n) is 2.55. The smallest absolute Gasteiger partial charge is 0.158 e. The molecule has 0 aliphatic heterocycles. The number of benzene rings is 1. The Morgan fingerprint density at radius 2 is 2.24 bits per heavy atom. The average Bonchev–Trinajstić information content (AvgIpc) is 2.41. The van der Waals surface area contributed by atoms with Gasteiger partial charge in [-0.2, -0.15) is 0 Å². The molecule has 4 nitrogen and oxygen atoms in total. The van der Waals surface area contributed by atoms with Crippen molar-refractivity contribution >= 4 is 17.4 Å². The lowest BCUT2D eigenvalue weighted by Gasteiger charge is -2.41. The summed E-state index contributed by atoms with van der Waals surface area (Å²) in [6.07, 6.45) is 2.66. The number of ketones is 1. The summed E-state index contributed by atoms with van der Waals surface area (Å²) >= 11 is 5.97. The summed E-state index contributed by atoms with van der Waals surface area (Å²) in [5, 5.41) is 0.615. The van der Waals surface area contributed by atoms with Gasteiger partial charge in [-0.3, -0.25) is 4.79 Å². The predicted molar refractivity (Wildman–Crippen MR) is 82.5 cm³/mol. The lowest BCUT2D eigenvalue weighted by atomic mass is 9.89. The van der Waals surface area contributed by atoms with Gasteiger partial charge in [-0.15, -0.1) is 0 Å². The van der Waals surface area contributed by atoms with Crippen LogP contribution < -0.4 is 10.5 Å². The van der Waals surface area contributed by atoms with Gasteiger partial charge in [0.15, 0.2) is 11.5 Å². The molecule has 5 heteroatoms. The molecule has 0 amide bonds. The zero-order valence-corrected chi connectivity index (χ0v) is 13.2. The number of ether oxygens (including phenoxy) is 2. The van der Waals surface area contributed by atoms with E-state index in [1.165, 1.54) is 6.92 Å². The minimum absolute atomic E-state index is 0.0353. The molecular formula is C16H22ClNO3. The third-order valence-electron chi connectivity index (χ3n) is 3.87. The molecule has 1 saturated carbocycles. The fourth-order valence-corrected chi connectivity index (χ4v) is 2.73. The van der Waals surface area contributed by atoms with Crippen molar-refractivity contribution in [3.63, 3.8) is 0 Å². The Morgan fingerprint density at radius 3 is 2.90 bits per heavy atom. The Kier molecular flexibility index (Phi) is 5.25. The summed E-state index contributed by atoms with van der Waals surface area (Å²) in [6, 6.07) is 7.22. The van der Waals surface area contributed by atoms with Crippen molar-refractivity contribution in [2.24, 2.45) is 5.73 Å². The first-order chi connectivity index (χ1) is 9.90. The molecule has 3 unspecified atom stereocenters. The summed E-state index contributed by atoms with van der Waals surface area (Å²) in [5.74, 6) is 0.634. The van der Waals surface area contributed by atoms with Crippen molar-refractivity contribution in [3.8, 4) is 5.75 Å². The summed E-state index contributed by atoms with van der Waals surface area (Å²) in [7, 11) is 0. The molecular weight excluding hydrogens is 290 g/mol. The molecule has 2 N–H and O–H groups in total. The van der Waals surface area contributed by atoms with E-state index in [4.69, 9.17) is 26.8 Å². The molecule has 0 saturated heterocycles. The molecule has 0 heterocycles. The Bertz CT molecular complexity index is 508.